The summed E-state index contributed by atoms with van der Waals surface area (Å²) in [7, 11) is 0. The maximum atomic E-state index is 13.4. The molecule has 4 aromatic rings. The second-order valence-corrected chi connectivity index (χ2v) is 5.96. The van der Waals surface area contributed by atoms with Crippen molar-refractivity contribution >= 4 is 23.0 Å². The Labute approximate surface area is 159 Å². The molecule has 0 radical (unpaired) electrons. The number of imidazole rings is 1. The molecule has 28 heavy (non-hydrogen) atoms. The van der Waals surface area contributed by atoms with Crippen molar-refractivity contribution in [1.82, 2.24) is 30.2 Å². The van der Waals surface area contributed by atoms with Gasteiger partial charge in [0.1, 0.15) is 11.3 Å². The fraction of sp³-hybridized carbons (Fsp3) is 0.105. The van der Waals surface area contributed by atoms with Crippen molar-refractivity contribution in [2.45, 2.75) is 6.92 Å². The maximum absolute atomic E-state index is 13.4. The molecule has 3 aromatic heterocycles. The van der Waals surface area contributed by atoms with E-state index in [0.717, 1.165) is 11.7 Å². The maximum Gasteiger partial charge on any atom is 0.321 e. The van der Waals surface area contributed by atoms with Crippen LogP contribution in [0.4, 0.5) is 15.1 Å². The number of hydrogen-bond acceptors (Lipinski definition) is 5. The Hall–Kier alpha value is -3.88. The average Bonchev–Trinajstić information content (AvgIpc) is 3.10. The van der Waals surface area contributed by atoms with Gasteiger partial charge >= 0.3 is 6.03 Å². The number of H-pyrrole nitrogens is 1. The highest BCUT2D eigenvalue weighted by Gasteiger charge is 2.13. The van der Waals surface area contributed by atoms with Crippen molar-refractivity contribution in [1.29, 1.82) is 0 Å². The van der Waals surface area contributed by atoms with Crippen LogP contribution >= 0.6 is 0 Å². The van der Waals surface area contributed by atoms with E-state index in [0.29, 0.717) is 40.5 Å². The van der Waals surface area contributed by atoms with Gasteiger partial charge in [-0.1, -0.05) is 6.07 Å². The largest absolute Gasteiger partial charge is 0.338 e. The molecule has 0 aliphatic rings. The molecule has 9 heteroatoms. The van der Waals surface area contributed by atoms with E-state index in [1.54, 1.807) is 18.6 Å². The van der Waals surface area contributed by atoms with E-state index in [1.807, 2.05) is 25.1 Å². The van der Waals surface area contributed by atoms with Gasteiger partial charge in [0.05, 0.1) is 11.7 Å². The van der Waals surface area contributed by atoms with Gasteiger partial charge in [-0.05, 0) is 25.1 Å². The number of rotatable bonds is 4. The number of aromatic amines is 1. The van der Waals surface area contributed by atoms with E-state index in [4.69, 9.17) is 0 Å². The third kappa shape index (κ3) is 3.50. The van der Waals surface area contributed by atoms with Crippen molar-refractivity contribution in [3.8, 4) is 22.5 Å². The smallest absolute Gasteiger partial charge is 0.321 e. The van der Waals surface area contributed by atoms with Gasteiger partial charge in [-0.15, -0.1) is 0 Å². The van der Waals surface area contributed by atoms with Crippen LogP contribution in [0.2, 0.25) is 0 Å². The molecule has 8 nitrogen and oxygen atoms in total. The fourth-order valence-electron chi connectivity index (χ4n) is 2.77. The number of urea groups is 1. The van der Waals surface area contributed by atoms with E-state index >= 15 is 0 Å². The predicted octanol–water partition coefficient (Wildman–Crippen LogP) is 3.36. The van der Waals surface area contributed by atoms with Gasteiger partial charge in [-0.2, -0.15) is 0 Å². The Balaban J connectivity index is 1.67. The van der Waals surface area contributed by atoms with Gasteiger partial charge < -0.3 is 10.3 Å². The minimum atomic E-state index is -0.421. The van der Waals surface area contributed by atoms with Gasteiger partial charge in [0.2, 0.25) is 5.95 Å². The topological polar surface area (TPSA) is 108 Å². The van der Waals surface area contributed by atoms with Crippen molar-refractivity contribution in [2.75, 3.05) is 11.9 Å². The van der Waals surface area contributed by atoms with Gasteiger partial charge in [0, 0.05) is 41.8 Å². The summed E-state index contributed by atoms with van der Waals surface area (Å²) in [5, 5.41) is 5.29. The van der Waals surface area contributed by atoms with Crippen LogP contribution in [0.15, 0.2) is 49.1 Å². The van der Waals surface area contributed by atoms with Crippen LogP contribution in [0.25, 0.3) is 33.5 Å². The van der Waals surface area contributed by atoms with Crippen molar-refractivity contribution in [2.24, 2.45) is 0 Å². The molecular formula is C19H16FN7O. The number of nitrogens with one attached hydrogen (secondary N) is 3. The molecule has 3 N–H and O–H groups in total. The van der Waals surface area contributed by atoms with Crippen LogP contribution < -0.4 is 10.6 Å². The zero-order valence-electron chi connectivity index (χ0n) is 14.9. The number of halogens is 1. The highest BCUT2D eigenvalue weighted by molar-refractivity contribution is 5.94. The number of aromatic nitrogens is 5. The summed E-state index contributed by atoms with van der Waals surface area (Å²) in [5.41, 5.74) is 3.34. The number of fused-ring (bicyclic) bond motifs is 1. The normalized spacial score (nSPS) is 10.8. The number of hydrogen-bond donors (Lipinski definition) is 3. The number of carbonyl (C=O) groups excluding carboxylic acids is 1. The number of anilines is 1. The van der Waals surface area contributed by atoms with E-state index in [-0.39, 0.29) is 6.03 Å². The van der Waals surface area contributed by atoms with E-state index in [2.05, 4.69) is 35.6 Å². The van der Waals surface area contributed by atoms with Crippen molar-refractivity contribution in [3.05, 3.63) is 54.9 Å². The monoisotopic (exact) mass is 377 g/mol. The molecule has 140 valence electrons. The second kappa shape index (κ2) is 7.39. The predicted molar refractivity (Wildman–Crippen MR) is 103 cm³/mol. The first kappa shape index (κ1) is 17.5. The molecule has 0 fully saturated rings. The van der Waals surface area contributed by atoms with Gasteiger partial charge in [-0.25, -0.2) is 24.1 Å². The summed E-state index contributed by atoms with van der Waals surface area (Å²) in [6, 6.07) is 6.57. The summed E-state index contributed by atoms with van der Waals surface area (Å²) in [4.78, 5) is 31.8. The molecule has 0 saturated carbocycles. The summed E-state index contributed by atoms with van der Waals surface area (Å²) in [5.74, 6) is 0.376. The molecule has 3 heterocycles. The highest BCUT2D eigenvalue weighted by Crippen LogP contribution is 2.27. The first-order valence-corrected chi connectivity index (χ1v) is 8.61. The molecular weight excluding hydrogens is 361 g/mol. The van der Waals surface area contributed by atoms with E-state index < -0.39 is 5.82 Å². The lowest BCUT2D eigenvalue weighted by Gasteiger charge is -2.04. The Kier molecular flexibility index (Phi) is 4.63. The molecule has 0 spiro atoms. The quantitative estimate of drug-likeness (QED) is 0.505. The van der Waals surface area contributed by atoms with Crippen LogP contribution in [0, 0.1) is 5.82 Å². The minimum Gasteiger partial charge on any atom is -0.338 e. The zero-order valence-corrected chi connectivity index (χ0v) is 14.9. The number of carbonyl (C=O) groups is 1. The van der Waals surface area contributed by atoms with E-state index in [9.17, 15) is 9.18 Å². The Morgan fingerprint density at radius 2 is 1.96 bits per heavy atom. The SMILES string of the molecule is CCNC(=O)Nc1nc2c(-c3ncc(-c4cncc(F)c4)cn3)cccc2[nH]1. The Morgan fingerprint density at radius 3 is 2.71 bits per heavy atom. The van der Waals surface area contributed by atoms with Crippen LogP contribution in [-0.2, 0) is 0 Å². The molecule has 0 saturated heterocycles. The van der Waals surface area contributed by atoms with E-state index in [1.165, 1.54) is 6.07 Å². The summed E-state index contributed by atoms with van der Waals surface area (Å²) < 4.78 is 13.4. The third-order valence-electron chi connectivity index (χ3n) is 4.01. The number of nitrogens with zero attached hydrogens (tertiary/aromatic N) is 4. The third-order valence-corrected chi connectivity index (χ3v) is 4.01. The lowest BCUT2D eigenvalue weighted by molar-refractivity contribution is 0.252. The van der Waals surface area contributed by atoms with Crippen molar-refractivity contribution < 1.29 is 9.18 Å². The molecule has 0 unspecified atom stereocenters. The first-order valence-electron chi connectivity index (χ1n) is 8.61. The molecule has 4 rings (SSSR count). The molecule has 0 aliphatic carbocycles. The van der Waals surface area contributed by atoms with Gasteiger partial charge in [0.25, 0.3) is 0 Å². The van der Waals surface area contributed by atoms with Gasteiger partial charge in [0.15, 0.2) is 5.82 Å². The first-order chi connectivity index (χ1) is 13.6. The van der Waals surface area contributed by atoms with Crippen LogP contribution in [0.3, 0.4) is 0 Å². The lowest BCUT2D eigenvalue weighted by atomic mass is 10.1. The van der Waals surface area contributed by atoms with Crippen molar-refractivity contribution in [3.63, 3.8) is 0 Å². The number of amides is 2. The number of pyridine rings is 1. The fourth-order valence-corrected chi connectivity index (χ4v) is 2.77. The van der Waals surface area contributed by atoms with Gasteiger partial charge in [-0.3, -0.25) is 10.3 Å². The summed E-state index contributed by atoms with van der Waals surface area (Å²) in [6.07, 6.45) is 5.91. The summed E-state index contributed by atoms with van der Waals surface area (Å²) >= 11 is 0. The van der Waals surface area contributed by atoms with Crippen LogP contribution in [-0.4, -0.2) is 37.5 Å². The standard InChI is InChI=1S/C19H16FN7O/c1-2-22-19(28)27-18-25-15-5-3-4-14(16(15)26-18)17-23-8-12(9-24-17)11-6-13(20)10-21-7-11/h3-10H,2H2,1H3,(H3,22,25,26,27,28). The Morgan fingerprint density at radius 1 is 1.14 bits per heavy atom. The lowest BCUT2D eigenvalue weighted by Crippen LogP contribution is -2.28. The number of para-hydroxylation sites is 1. The summed E-state index contributed by atoms with van der Waals surface area (Å²) in [6.45, 7) is 2.34. The Bertz CT molecular complexity index is 1140. The second-order valence-electron chi connectivity index (χ2n) is 5.96. The molecule has 0 aliphatic heterocycles. The molecule has 0 atom stereocenters. The number of benzene rings is 1. The average molecular weight is 377 g/mol. The van der Waals surface area contributed by atoms with Crippen LogP contribution in [0.1, 0.15) is 6.92 Å². The minimum absolute atomic E-state index is 0.329. The van der Waals surface area contributed by atoms with Crippen LogP contribution in [0.5, 0.6) is 0 Å². The zero-order chi connectivity index (χ0) is 19.5. The molecule has 1 aromatic carbocycles. The molecule has 0 bridgehead atoms. The highest BCUT2D eigenvalue weighted by atomic mass is 19.1. The molecule has 2 amide bonds.